The summed E-state index contributed by atoms with van der Waals surface area (Å²) < 4.78 is 79.7. The lowest BCUT2D eigenvalue weighted by Gasteiger charge is -2.20. The number of nitrogens with zero attached hydrogens (tertiary/aromatic N) is 1. The molecule has 20 heteroatoms. The lowest BCUT2D eigenvalue weighted by Crippen LogP contribution is -2.40. The molecule has 14 nitrogen and oxygen atoms in total. The van der Waals surface area contributed by atoms with Gasteiger partial charge in [0.15, 0.2) is 11.5 Å². The van der Waals surface area contributed by atoms with Gasteiger partial charge in [-0.2, -0.15) is 26.3 Å². The number of hydrogen-bond acceptors (Lipinski definition) is 11. The number of anilines is 2. The third kappa shape index (κ3) is 13.1. The first-order valence-electron chi connectivity index (χ1n) is 14.7. The van der Waals surface area contributed by atoms with Crippen molar-refractivity contribution in [1.29, 1.82) is 0 Å². The van der Waals surface area contributed by atoms with Crippen LogP contribution in [0.3, 0.4) is 0 Å². The van der Waals surface area contributed by atoms with Crippen molar-refractivity contribution in [3.8, 4) is 11.5 Å². The zero-order valence-corrected chi connectivity index (χ0v) is 27.6. The number of nitrogens with one attached hydrogen (secondary N) is 2. The first kappa shape index (κ1) is 43.7. The van der Waals surface area contributed by atoms with Crippen LogP contribution in [-0.4, -0.2) is 89.4 Å². The number of hydrogen-bond donors (Lipinski definition) is 6. The van der Waals surface area contributed by atoms with Crippen molar-refractivity contribution in [3.63, 3.8) is 0 Å². The molecule has 282 valence electrons. The summed E-state index contributed by atoms with van der Waals surface area (Å²) in [7, 11) is 1.28. The normalized spacial score (nSPS) is 11.6. The Morgan fingerprint density at radius 2 is 1.45 bits per heavy atom. The van der Waals surface area contributed by atoms with Crippen LogP contribution >= 0.6 is 0 Å². The number of fused-ring (bicyclic) bond motifs is 1. The van der Waals surface area contributed by atoms with Gasteiger partial charge in [0.1, 0.15) is 6.04 Å². The van der Waals surface area contributed by atoms with Crippen molar-refractivity contribution in [3.05, 3.63) is 53.2 Å². The minimum absolute atomic E-state index is 0.232. The van der Waals surface area contributed by atoms with Crippen molar-refractivity contribution >= 4 is 46.1 Å². The minimum atomic E-state index is -5.08. The number of methoxy groups -OCH3 is 1. The average molecular weight is 739 g/mol. The van der Waals surface area contributed by atoms with Crippen LogP contribution in [0.25, 0.3) is 10.9 Å². The van der Waals surface area contributed by atoms with Crippen LogP contribution in [0, 0.1) is 0 Å². The maximum atomic E-state index is 12.4. The fourth-order valence-electron chi connectivity index (χ4n) is 4.13. The van der Waals surface area contributed by atoms with E-state index in [0.29, 0.717) is 54.3 Å². The minimum Gasteiger partial charge on any atom is -0.490 e. The number of carboxylic acid groups (broad SMARTS) is 2. The van der Waals surface area contributed by atoms with Gasteiger partial charge in [0.25, 0.3) is 5.91 Å². The zero-order valence-electron chi connectivity index (χ0n) is 27.6. The molecule has 51 heavy (non-hydrogen) atoms. The monoisotopic (exact) mass is 738 g/mol. The molecule has 1 aromatic heterocycles. The van der Waals surface area contributed by atoms with Crippen LogP contribution < -0.4 is 25.8 Å². The maximum Gasteiger partial charge on any atom is 0.490 e. The number of primary amides is 1. The Kier molecular flexibility index (Phi) is 16.9. The summed E-state index contributed by atoms with van der Waals surface area (Å²) >= 11 is 0. The molecular formula is C31H36F6N4O10. The van der Waals surface area contributed by atoms with Gasteiger partial charge in [0, 0.05) is 29.9 Å². The van der Waals surface area contributed by atoms with Crippen molar-refractivity contribution in [2.24, 2.45) is 5.73 Å². The molecule has 0 bridgehead atoms. The van der Waals surface area contributed by atoms with E-state index in [1.54, 1.807) is 12.1 Å². The SMILES string of the molecule is CCOc1cc2ncc(C(N)=O)c(Nc3cccc(CN[C@@H](CO)C(=O)OC)c3CC)c2cc1OCC.O=C(O)C(F)(F)F.O=C(O)C(F)(F)F. The van der Waals surface area contributed by atoms with E-state index < -0.39 is 42.2 Å². The number of pyridine rings is 1. The number of aliphatic hydroxyl groups excluding tert-OH is 1. The molecule has 7 N–H and O–H groups in total. The van der Waals surface area contributed by atoms with Gasteiger partial charge in [-0.3, -0.25) is 19.9 Å². The molecule has 1 atom stereocenters. The number of aromatic nitrogens is 1. The van der Waals surface area contributed by atoms with E-state index in [4.69, 9.17) is 39.7 Å². The predicted molar refractivity (Wildman–Crippen MR) is 169 cm³/mol. The maximum absolute atomic E-state index is 12.4. The Bertz CT molecular complexity index is 1640. The van der Waals surface area contributed by atoms with Crippen LogP contribution in [0.5, 0.6) is 11.5 Å². The Hall–Kier alpha value is -5.37. The highest BCUT2D eigenvalue weighted by atomic mass is 19.4. The van der Waals surface area contributed by atoms with E-state index in [1.165, 1.54) is 13.3 Å². The number of ether oxygens (including phenoxy) is 3. The molecule has 0 aliphatic rings. The molecule has 0 spiro atoms. The lowest BCUT2D eigenvalue weighted by molar-refractivity contribution is -0.193. The van der Waals surface area contributed by atoms with Crippen molar-refractivity contribution in [1.82, 2.24) is 10.3 Å². The van der Waals surface area contributed by atoms with Gasteiger partial charge in [0.05, 0.1) is 43.7 Å². The highest BCUT2D eigenvalue weighted by Gasteiger charge is 2.39. The van der Waals surface area contributed by atoms with Crippen molar-refractivity contribution in [2.45, 2.75) is 52.1 Å². The molecule has 0 saturated carbocycles. The number of esters is 1. The molecule has 0 unspecified atom stereocenters. The zero-order chi connectivity index (χ0) is 39.1. The summed E-state index contributed by atoms with van der Waals surface area (Å²) in [5, 5.41) is 30.9. The molecule has 3 aromatic rings. The summed E-state index contributed by atoms with van der Waals surface area (Å²) in [5.41, 5.74) is 9.72. The highest BCUT2D eigenvalue weighted by Crippen LogP contribution is 2.38. The highest BCUT2D eigenvalue weighted by molar-refractivity contribution is 6.08. The Labute approximate surface area is 286 Å². The number of alkyl halides is 6. The van der Waals surface area contributed by atoms with E-state index in [9.17, 15) is 41.0 Å². The topological polar surface area (TPSA) is 220 Å². The van der Waals surface area contributed by atoms with Gasteiger partial charge in [0.2, 0.25) is 0 Å². The summed E-state index contributed by atoms with van der Waals surface area (Å²) in [6, 6.07) is 8.45. The second kappa shape index (κ2) is 19.7. The van der Waals surface area contributed by atoms with E-state index in [2.05, 4.69) is 15.6 Å². The summed E-state index contributed by atoms with van der Waals surface area (Å²) in [6.07, 6.45) is -8.06. The molecule has 0 fully saturated rings. The number of nitrogens with two attached hydrogens (primary N) is 1. The number of aliphatic hydroxyl groups is 1. The smallest absolute Gasteiger partial charge is 0.490 e. The third-order valence-electron chi connectivity index (χ3n) is 6.38. The molecule has 0 aliphatic carbocycles. The van der Waals surface area contributed by atoms with Crippen molar-refractivity contribution in [2.75, 3.05) is 32.2 Å². The van der Waals surface area contributed by atoms with Gasteiger partial charge >= 0.3 is 30.3 Å². The van der Waals surface area contributed by atoms with Gasteiger partial charge in [-0.15, -0.1) is 0 Å². The average Bonchev–Trinajstić information content (AvgIpc) is 3.05. The fourth-order valence-corrected chi connectivity index (χ4v) is 4.13. The number of benzene rings is 2. The molecule has 0 aliphatic heterocycles. The summed E-state index contributed by atoms with van der Waals surface area (Å²) in [4.78, 5) is 46.5. The largest absolute Gasteiger partial charge is 0.490 e. The molecular weight excluding hydrogens is 702 g/mol. The van der Waals surface area contributed by atoms with Gasteiger partial charge in [-0.05, 0) is 43.5 Å². The molecule has 2 aromatic carbocycles. The lowest BCUT2D eigenvalue weighted by atomic mass is 10.0. The molecule has 0 radical (unpaired) electrons. The Morgan fingerprint density at radius 1 is 0.922 bits per heavy atom. The molecule has 1 amide bonds. The van der Waals surface area contributed by atoms with Crippen LogP contribution in [0.4, 0.5) is 37.7 Å². The van der Waals surface area contributed by atoms with E-state index in [0.717, 1.165) is 16.8 Å². The molecule has 1 heterocycles. The third-order valence-corrected chi connectivity index (χ3v) is 6.38. The van der Waals surface area contributed by atoms with Crippen LogP contribution in [0.1, 0.15) is 42.3 Å². The number of carbonyl (C=O) groups is 4. The number of carbonyl (C=O) groups excluding carboxylic acids is 2. The Morgan fingerprint density at radius 3 is 1.88 bits per heavy atom. The molecule has 0 saturated heterocycles. The van der Waals surface area contributed by atoms with E-state index in [1.807, 2.05) is 39.0 Å². The number of aliphatic carboxylic acids is 2. The predicted octanol–water partition coefficient (Wildman–Crippen LogP) is 4.33. The van der Waals surface area contributed by atoms with Crippen LogP contribution in [-0.2, 0) is 32.1 Å². The first-order chi connectivity index (χ1) is 23.8. The quantitative estimate of drug-likeness (QED) is 0.106. The van der Waals surface area contributed by atoms with Crippen molar-refractivity contribution < 1.29 is 75.1 Å². The van der Waals surface area contributed by atoms with Crippen LogP contribution in [0.2, 0.25) is 0 Å². The summed E-state index contributed by atoms with van der Waals surface area (Å²) in [6.45, 7) is 6.62. The first-order valence-corrected chi connectivity index (χ1v) is 14.7. The van der Waals surface area contributed by atoms with Crippen LogP contribution in [0.15, 0.2) is 36.5 Å². The molecule has 3 rings (SSSR count). The number of rotatable bonds is 13. The second-order valence-electron chi connectivity index (χ2n) is 9.76. The number of amides is 1. The second-order valence-corrected chi connectivity index (χ2v) is 9.76. The van der Waals surface area contributed by atoms with E-state index in [-0.39, 0.29) is 12.2 Å². The van der Waals surface area contributed by atoms with Gasteiger partial charge in [-0.25, -0.2) is 9.59 Å². The Balaban J connectivity index is 0.000000780. The summed E-state index contributed by atoms with van der Waals surface area (Å²) in [5.74, 6) is -5.58. The van der Waals surface area contributed by atoms with Gasteiger partial charge in [-0.1, -0.05) is 19.1 Å². The fraction of sp³-hybridized carbons (Fsp3) is 0.387. The number of halogens is 6. The standard InChI is InChI=1S/C27H34N4O6.2C2HF3O2/c1-5-17-16(13-29-22(15-32)27(34)35-4)9-8-10-20(17)31-25-18-11-23(36-6-2)24(37-7-3)12-21(18)30-14-19(25)26(28)33;2*3-2(4,5)1(6)7/h8-12,14,22,29,32H,5-7,13,15H2,1-4H3,(H2,28,33)(H,30,31);2*(H,6,7)/t22-;;/m0../s1. The van der Waals surface area contributed by atoms with E-state index >= 15 is 0 Å². The van der Waals surface area contributed by atoms with Gasteiger partial charge < -0.3 is 40.6 Å². The number of carboxylic acids is 2.